The van der Waals surface area contributed by atoms with Gasteiger partial charge in [0.2, 0.25) is 11.8 Å². The molecular formula is C13H22N2O4. The molecule has 6 nitrogen and oxygen atoms in total. The molecule has 2 amide bonds. The van der Waals surface area contributed by atoms with E-state index in [1.165, 1.54) is 11.8 Å². The van der Waals surface area contributed by atoms with E-state index in [4.69, 9.17) is 5.11 Å². The number of nitrogens with zero attached hydrogens (tertiary/aromatic N) is 1. The first-order valence-corrected chi connectivity index (χ1v) is 6.39. The highest BCUT2D eigenvalue weighted by molar-refractivity contribution is 5.84. The monoisotopic (exact) mass is 270 g/mol. The Balaban J connectivity index is 2.68. The lowest BCUT2D eigenvalue weighted by Crippen LogP contribution is -2.48. The van der Waals surface area contributed by atoms with Crippen LogP contribution in [-0.2, 0) is 14.4 Å². The van der Waals surface area contributed by atoms with Gasteiger partial charge in [-0.2, -0.15) is 0 Å². The highest BCUT2D eigenvalue weighted by Crippen LogP contribution is 2.34. The van der Waals surface area contributed by atoms with E-state index in [0.717, 1.165) is 0 Å². The molecule has 0 aromatic heterocycles. The van der Waals surface area contributed by atoms with Crippen molar-refractivity contribution in [2.75, 3.05) is 13.1 Å². The van der Waals surface area contributed by atoms with Crippen LogP contribution in [0.25, 0.3) is 0 Å². The molecule has 1 aliphatic rings. The van der Waals surface area contributed by atoms with Crippen LogP contribution in [0.1, 0.15) is 34.1 Å². The van der Waals surface area contributed by atoms with Gasteiger partial charge in [0.15, 0.2) is 0 Å². The number of nitrogens with one attached hydrogen (secondary N) is 1. The van der Waals surface area contributed by atoms with Crippen molar-refractivity contribution in [3.63, 3.8) is 0 Å². The summed E-state index contributed by atoms with van der Waals surface area (Å²) >= 11 is 0. The smallest absolute Gasteiger partial charge is 0.328 e. The Labute approximate surface area is 113 Å². The summed E-state index contributed by atoms with van der Waals surface area (Å²) in [5, 5.41) is 11.4. The third kappa shape index (κ3) is 4.22. The first-order chi connectivity index (χ1) is 8.61. The lowest BCUT2D eigenvalue weighted by atomic mass is 9.80. The maximum absolute atomic E-state index is 11.9. The lowest BCUT2D eigenvalue weighted by Gasteiger charge is -2.27. The number of hydrogen-bond donors (Lipinski definition) is 2. The normalized spacial score (nSPS) is 21.4. The maximum atomic E-state index is 11.9. The largest absolute Gasteiger partial charge is 0.480 e. The summed E-state index contributed by atoms with van der Waals surface area (Å²) in [6, 6.07) is -1.04. The van der Waals surface area contributed by atoms with E-state index in [1.54, 1.807) is 0 Å². The van der Waals surface area contributed by atoms with Crippen molar-refractivity contribution >= 4 is 17.8 Å². The van der Waals surface area contributed by atoms with E-state index in [-0.39, 0.29) is 23.8 Å². The highest BCUT2D eigenvalue weighted by atomic mass is 16.4. The Kier molecular flexibility index (Phi) is 4.55. The fourth-order valence-corrected chi connectivity index (χ4v) is 2.18. The van der Waals surface area contributed by atoms with E-state index in [9.17, 15) is 14.4 Å². The molecule has 1 aliphatic heterocycles. The summed E-state index contributed by atoms with van der Waals surface area (Å²) in [7, 11) is 0. The Morgan fingerprint density at radius 2 is 2.05 bits per heavy atom. The maximum Gasteiger partial charge on any atom is 0.328 e. The fraction of sp³-hybridized carbons (Fsp3) is 0.769. The highest BCUT2D eigenvalue weighted by Gasteiger charge is 2.38. The molecule has 0 bridgehead atoms. The molecule has 0 saturated carbocycles. The topological polar surface area (TPSA) is 86.7 Å². The third-order valence-electron chi connectivity index (χ3n) is 3.52. The third-order valence-corrected chi connectivity index (χ3v) is 3.52. The average Bonchev–Trinajstić information content (AvgIpc) is 2.58. The van der Waals surface area contributed by atoms with Gasteiger partial charge in [-0.25, -0.2) is 4.79 Å². The molecule has 2 N–H and O–H groups in total. The van der Waals surface area contributed by atoms with Gasteiger partial charge in [-0.15, -0.1) is 0 Å². The van der Waals surface area contributed by atoms with Crippen molar-refractivity contribution in [3.8, 4) is 0 Å². The van der Waals surface area contributed by atoms with E-state index < -0.39 is 17.9 Å². The Morgan fingerprint density at radius 1 is 1.47 bits per heavy atom. The molecule has 1 fully saturated rings. The van der Waals surface area contributed by atoms with Crippen molar-refractivity contribution in [3.05, 3.63) is 0 Å². The minimum absolute atomic E-state index is 0.0110. The second-order valence-corrected chi connectivity index (χ2v) is 6.16. The van der Waals surface area contributed by atoms with Crippen LogP contribution in [0, 0.1) is 11.3 Å². The summed E-state index contributed by atoms with van der Waals surface area (Å²) in [6.45, 7) is 8.04. The van der Waals surface area contributed by atoms with E-state index >= 15 is 0 Å². The van der Waals surface area contributed by atoms with Crippen LogP contribution < -0.4 is 5.32 Å². The first-order valence-electron chi connectivity index (χ1n) is 6.39. The van der Waals surface area contributed by atoms with Crippen molar-refractivity contribution in [2.45, 2.75) is 40.2 Å². The molecule has 108 valence electrons. The summed E-state index contributed by atoms with van der Waals surface area (Å²) < 4.78 is 0. The molecule has 1 heterocycles. The summed E-state index contributed by atoms with van der Waals surface area (Å²) in [6.07, 6.45) is 0.440. The molecule has 1 saturated heterocycles. The zero-order valence-corrected chi connectivity index (χ0v) is 11.9. The predicted molar refractivity (Wildman–Crippen MR) is 69.4 cm³/mol. The molecule has 0 aromatic rings. The van der Waals surface area contributed by atoms with Crippen molar-refractivity contribution in [1.29, 1.82) is 0 Å². The van der Waals surface area contributed by atoms with Crippen molar-refractivity contribution in [1.82, 2.24) is 10.2 Å². The van der Waals surface area contributed by atoms with Crippen LogP contribution in [0.5, 0.6) is 0 Å². The van der Waals surface area contributed by atoms with Gasteiger partial charge >= 0.3 is 5.97 Å². The number of carbonyl (C=O) groups is 3. The number of carboxylic acid groups (broad SMARTS) is 1. The number of carboxylic acids is 1. The standard InChI is InChI=1S/C13H22N2O4/c1-8(16)14-10(12(18)19)7-15-6-9(5-11(15)17)13(2,3)4/h9-10H,5-7H2,1-4H3,(H,14,16)(H,18,19). The van der Waals surface area contributed by atoms with Gasteiger partial charge in [0.05, 0.1) is 6.54 Å². The molecule has 0 aliphatic carbocycles. The van der Waals surface area contributed by atoms with Crippen LogP contribution in [-0.4, -0.2) is 46.9 Å². The number of rotatable bonds is 4. The van der Waals surface area contributed by atoms with Gasteiger partial charge < -0.3 is 15.3 Å². The number of aliphatic carboxylic acids is 1. The lowest BCUT2D eigenvalue weighted by molar-refractivity contribution is -0.142. The zero-order valence-electron chi connectivity index (χ0n) is 11.9. The molecule has 2 unspecified atom stereocenters. The minimum Gasteiger partial charge on any atom is -0.480 e. The minimum atomic E-state index is -1.12. The SMILES string of the molecule is CC(=O)NC(CN1CC(C(C)(C)C)CC1=O)C(=O)O. The van der Waals surface area contributed by atoms with Gasteiger partial charge in [-0.05, 0) is 11.3 Å². The molecule has 2 atom stereocenters. The van der Waals surface area contributed by atoms with Gasteiger partial charge in [-0.1, -0.05) is 20.8 Å². The second-order valence-electron chi connectivity index (χ2n) is 6.16. The fourth-order valence-electron chi connectivity index (χ4n) is 2.18. The van der Waals surface area contributed by atoms with Gasteiger partial charge in [0.25, 0.3) is 0 Å². The van der Waals surface area contributed by atoms with E-state index in [1.807, 2.05) is 0 Å². The molecule has 19 heavy (non-hydrogen) atoms. The Bertz CT molecular complexity index is 387. The van der Waals surface area contributed by atoms with Crippen LogP contribution >= 0.6 is 0 Å². The number of amides is 2. The van der Waals surface area contributed by atoms with Crippen LogP contribution in [0.15, 0.2) is 0 Å². The second kappa shape index (κ2) is 5.59. The molecular weight excluding hydrogens is 248 g/mol. The predicted octanol–water partition coefficient (Wildman–Crippen LogP) is 0.470. The van der Waals surface area contributed by atoms with Gasteiger partial charge in [0, 0.05) is 19.9 Å². The molecule has 6 heteroatoms. The van der Waals surface area contributed by atoms with Crippen LogP contribution in [0.3, 0.4) is 0 Å². The zero-order chi connectivity index (χ0) is 14.8. The summed E-state index contributed by atoms with van der Waals surface area (Å²) in [5.41, 5.74) is 0.0110. The molecule has 1 rings (SSSR count). The average molecular weight is 270 g/mol. The van der Waals surface area contributed by atoms with E-state index in [2.05, 4.69) is 26.1 Å². The van der Waals surface area contributed by atoms with Crippen LogP contribution in [0.2, 0.25) is 0 Å². The molecule has 0 spiro atoms. The number of likely N-dealkylation sites (tertiary alicyclic amines) is 1. The van der Waals surface area contributed by atoms with Crippen LogP contribution in [0.4, 0.5) is 0 Å². The quantitative estimate of drug-likeness (QED) is 0.777. The molecule has 0 radical (unpaired) electrons. The first kappa shape index (κ1) is 15.5. The van der Waals surface area contributed by atoms with E-state index in [0.29, 0.717) is 13.0 Å². The van der Waals surface area contributed by atoms with Gasteiger partial charge in [0.1, 0.15) is 6.04 Å². The number of carbonyl (C=O) groups excluding carboxylic acids is 2. The number of hydrogen-bond acceptors (Lipinski definition) is 3. The Morgan fingerprint density at radius 3 is 2.42 bits per heavy atom. The Hall–Kier alpha value is -1.59. The van der Waals surface area contributed by atoms with Crippen molar-refractivity contribution in [2.24, 2.45) is 11.3 Å². The summed E-state index contributed by atoms with van der Waals surface area (Å²) in [4.78, 5) is 35.4. The molecule has 0 aromatic carbocycles. The van der Waals surface area contributed by atoms with Gasteiger partial charge in [-0.3, -0.25) is 9.59 Å². The summed E-state index contributed by atoms with van der Waals surface area (Å²) in [5.74, 6) is -1.36. The van der Waals surface area contributed by atoms with Crippen molar-refractivity contribution < 1.29 is 19.5 Å².